The van der Waals surface area contributed by atoms with Crippen molar-refractivity contribution in [2.45, 2.75) is 39.0 Å². The van der Waals surface area contributed by atoms with Crippen LogP contribution in [0.4, 0.5) is 0 Å². The summed E-state index contributed by atoms with van der Waals surface area (Å²) in [4.78, 5) is 0. The van der Waals surface area contributed by atoms with Crippen LogP contribution in [0.25, 0.3) is 17.5 Å². The first-order valence-electron chi connectivity index (χ1n) is 8.72. The van der Waals surface area contributed by atoms with Gasteiger partial charge in [0.05, 0.1) is 17.1 Å². The minimum Gasteiger partial charge on any atom is -0.386 e. The first-order valence-corrected chi connectivity index (χ1v) is 8.72. The van der Waals surface area contributed by atoms with E-state index >= 15 is 0 Å². The van der Waals surface area contributed by atoms with Gasteiger partial charge in [0.1, 0.15) is 6.17 Å². The maximum Gasteiger partial charge on any atom is 0.125 e. The number of hydrogen-bond donors (Lipinski definition) is 3. The summed E-state index contributed by atoms with van der Waals surface area (Å²) in [6, 6.07) is 8.16. The van der Waals surface area contributed by atoms with Gasteiger partial charge in [0.2, 0.25) is 0 Å². The van der Waals surface area contributed by atoms with Gasteiger partial charge in [-0.2, -0.15) is 5.10 Å². The van der Waals surface area contributed by atoms with Crippen molar-refractivity contribution in [1.29, 1.82) is 0 Å². The van der Waals surface area contributed by atoms with Gasteiger partial charge >= 0.3 is 0 Å². The summed E-state index contributed by atoms with van der Waals surface area (Å²) in [5.74, 6) is 0. The van der Waals surface area contributed by atoms with Gasteiger partial charge in [-0.05, 0) is 37.0 Å². The van der Waals surface area contributed by atoms with Crippen LogP contribution in [0.5, 0.6) is 0 Å². The second kappa shape index (κ2) is 5.49. The standard InChI is InChI=1S/C20H24N4O/c1-5-15-16-18-13(11-22-24(18)4)10-21-19(16)23-17(15)12-6-8-14(9-7-12)20(2,3)25/h6-11,19,21,23,25H,5H2,1-4H3. The maximum atomic E-state index is 10.2. The van der Waals surface area contributed by atoms with E-state index in [2.05, 4.69) is 34.8 Å². The molecule has 0 saturated carbocycles. The number of aromatic nitrogens is 2. The highest BCUT2D eigenvalue weighted by Gasteiger charge is 2.31. The summed E-state index contributed by atoms with van der Waals surface area (Å²) in [7, 11) is 1.99. The third-order valence-electron chi connectivity index (χ3n) is 5.07. The molecule has 4 rings (SSSR count). The number of nitrogens with one attached hydrogen (secondary N) is 2. The summed E-state index contributed by atoms with van der Waals surface area (Å²) in [5.41, 5.74) is 4.97. The number of aryl methyl sites for hydroxylation is 1. The zero-order chi connectivity index (χ0) is 17.8. The highest BCUT2D eigenvalue weighted by atomic mass is 16.3. The van der Waals surface area contributed by atoms with Crippen molar-refractivity contribution in [2.24, 2.45) is 7.05 Å². The molecule has 0 fully saturated rings. The van der Waals surface area contributed by atoms with E-state index < -0.39 is 5.60 Å². The minimum atomic E-state index is -0.827. The van der Waals surface area contributed by atoms with E-state index in [1.807, 2.05) is 36.3 Å². The van der Waals surface area contributed by atoms with Crippen molar-refractivity contribution in [3.63, 3.8) is 0 Å². The summed E-state index contributed by atoms with van der Waals surface area (Å²) in [5, 5.41) is 23.9. The van der Waals surface area contributed by atoms with Gasteiger partial charge in [-0.1, -0.05) is 31.2 Å². The number of rotatable bonds is 3. The van der Waals surface area contributed by atoms with Crippen molar-refractivity contribution < 1.29 is 5.11 Å². The molecule has 25 heavy (non-hydrogen) atoms. The molecule has 0 spiro atoms. The molecule has 3 heterocycles. The molecule has 1 unspecified atom stereocenters. The van der Waals surface area contributed by atoms with Crippen LogP contribution in [-0.2, 0) is 12.6 Å². The number of benzene rings is 1. The van der Waals surface area contributed by atoms with Gasteiger partial charge < -0.3 is 15.7 Å². The Hall–Kier alpha value is -2.53. The number of fused-ring (bicyclic) bond motifs is 2. The molecular formula is C20H24N4O. The Balaban J connectivity index is 1.88. The lowest BCUT2D eigenvalue weighted by atomic mass is 9.95. The molecule has 3 N–H and O–H groups in total. The third-order valence-corrected chi connectivity index (χ3v) is 5.07. The molecule has 0 amide bonds. The molecule has 0 radical (unpaired) electrons. The third kappa shape index (κ3) is 2.46. The van der Waals surface area contributed by atoms with Gasteiger partial charge in [0.15, 0.2) is 0 Å². The Morgan fingerprint density at radius 1 is 1.24 bits per heavy atom. The summed E-state index contributed by atoms with van der Waals surface area (Å²) in [6.07, 6.45) is 4.93. The fourth-order valence-corrected chi connectivity index (χ4v) is 3.75. The molecule has 0 bridgehead atoms. The predicted octanol–water partition coefficient (Wildman–Crippen LogP) is 0.890. The van der Waals surface area contributed by atoms with E-state index in [9.17, 15) is 5.11 Å². The van der Waals surface area contributed by atoms with E-state index in [1.54, 1.807) is 13.8 Å². The van der Waals surface area contributed by atoms with Crippen molar-refractivity contribution in [3.8, 4) is 0 Å². The normalized spacial score (nSPS) is 19.1. The molecule has 0 saturated heterocycles. The van der Waals surface area contributed by atoms with E-state index in [1.165, 1.54) is 16.5 Å². The van der Waals surface area contributed by atoms with E-state index in [4.69, 9.17) is 0 Å². The van der Waals surface area contributed by atoms with Crippen LogP contribution in [0, 0.1) is 0 Å². The molecule has 1 aromatic carbocycles. The summed E-state index contributed by atoms with van der Waals surface area (Å²) < 4.78 is 1.95. The van der Waals surface area contributed by atoms with Crippen molar-refractivity contribution >= 4 is 17.5 Å². The number of aliphatic hydroxyl groups is 1. The van der Waals surface area contributed by atoms with Crippen LogP contribution in [0.1, 0.15) is 38.3 Å². The van der Waals surface area contributed by atoms with E-state index in [0.29, 0.717) is 0 Å². The zero-order valence-electron chi connectivity index (χ0n) is 15.1. The van der Waals surface area contributed by atoms with Crippen LogP contribution < -0.4 is 21.2 Å². The fraction of sp³-hybridized carbons (Fsp3) is 0.350. The van der Waals surface area contributed by atoms with Crippen molar-refractivity contribution in [3.05, 3.63) is 57.7 Å². The van der Waals surface area contributed by atoms with Gasteiger partial charge in [0.25, 0.3) is 0 Å². The zero-order valence-corrected chi connectivity index (χ0v) is 15.1. The van der Waals surface area contributed by atoms with Gasteiger partial charge in [-0.25, -0.2) is 0 Å². The molecule has 5 heteroatoms. The first-order chi connectivity index (χ1) is 11.9. The van der Waals surface area contributed by atoms with Gasteiger partial charge in [0, 0.05) is 29.7 Å². The van der Waals surface area contributed by atoms with Gasteiger partial charge in [-0.15, -0.1) is 0 Å². The van der Waals surface area contributed by atoms with Crippen molar-refractivity contribution in [1.82, 2.24) is 20.4 Å². The van der Waals surface area contributed by atoms with Crippen molar-refractivity contribution in [2.75, 3.05) is 0 Å². The Morgan fingerprint density at radius 2 is 1.96 bits per heavy atom. The largest absolute Gasteiger partial charge is 0.386 e. The molecule has 2 aliphatic rings. The Labute approximate surface area is 147 Å². The second-order valence-electron chi connectivity index (χ2n) is 7.22. The summed E-state index contributed by atoms with van der Waals surface area (Å²) in [6.45, 7) is 5.80. The average molecular weight is 336 g/mol. The quantitative estimate of drug-likeness (QED) is 0.779. The monoisotopic (exact) mass is 336 g/mol. The molecule has 1 atom stereocenters. The smallest absolute Gasteiger partial charge is 0.125 e. The van der Waals surface area contributed by atoms with Gasteiger partial charge in [-0.3, -0.25) is 4.68 Å². The SMILES string of the molecule is CCC1=C(c2ccc(C(C)(C)O)cc2)NC2NC=c3cnn(C)c3=C12. The predicted molar refractivity (Wildman–Crippen MR) is 99.3 cm³/mol. The van der Waals surface area contributed by atoms with Crippen LogP contribution >= 0.6 is 0 Å². The molecule has 0 aliphatic carbocycles. The molecule has 1 aromatic heterocycles. The van der Waals surface area contributed by atoms with Crippen LogP contribution in [-0.4, -0.2) is 21.1 Å². The lowest BCUT2D eigenvalue weighted by Crippen LogP contribution is -2.47. The fourth-order valence-electron chi connectivity index (χ4n) is 3.75. The Morgan fingerprint density at radius 3 is 2.60 bits per heavy atom. The highest BCUT2D eigenvalue weighted by Crippen LogP contribution is 2.34. The Kier molecular flexibility index (Phi) is 3.51. The second-order valence-corrected chi connectivity index (χ2v) is 7.22. The number of hydrogen-bond acceptors (Lipinski definition) is 4. The van der Waals surface area contributed by atoms with Crippen LogP contribution in [0.2, 0.25) is 0 Å². The topological polar surface area (TPSA) is 62.1 Å². The molecule has 5 nitrogen and oxygen atoms in total. The number of nitrogens with zero attached hydrogens (tertiary/aromatic N) is 2. The molecule has 130 valence electrons. The lowest BCUT2D eigenvalue weighted by Gasteiger charge is -2.19. The van der Waals surface area contributed by atoms with E-state index in [0.717, 1.165) is 28.5 Å². The highest BCUT2D eigenvalue weighted by molar-refractivity contribution is 5.89. The lowest BCUT2D eigenvalue weighted by molar-refractivity contribution is 0.0786. The van der Waals surface area contributed by atoms with Crippen LogP contribution in [0.3, 0.4) is 0 Å². The average Bonchev–Trinajstić information content (AvgIpc) is 3.14. The molecular weight excluding hydrogens is 312 g/mol. The molecule has 2 aliphatic heterocycles. The minimum absolute atomic E-state index is 0.0711. The molecule has 2 aromatic rings. The Bertz CT molecular complexity index is 974. The van der Waals surface area contributed by atoms with E-state index in [-0.39, 0.29) is 6.17 Å². The van der Waals surface area contributed by atoms with Crippen LogP contribution in [0.15, 0.2) is 36.0 Å². The summed E-state index contributed by atoms with van der Waals surface area (Å²) >= 11 is 0. The maximum absolute atomic E-state index is 10.2. The first kappa shape index (κ1) is 16.0.